The van der Waals surface area contributed by atoms with Gasteiger partial charge < -0.3 is 15.8 Å². The van der Waals surface area contributed by atoms with Gasteiger partial charge in [0.15, 0.2) is 0 Å². The molecule has 0 radical (unpaired) electrons. The van der Waals surface area contributed by atoms with Crippen LogP contribution in [-0.2, 0) is 11.3 Å². The van der Waals surface area contributed by atoms with Gasteiger partial charge in [0.05, 0.1) is 31.0 Å². The lowest BCUT2D eigenvalue weighted by atomic mass is 10.2. The van der Waals surface area contributed by atoms with E-state index >= 15 is 0 Å². The molecule has 3 N–H and O–H groups in total. The second kappa shape index (κ2) is 5.46. The van der Waals surface area contributed by atoms with E-state index in [1.54, 1.807) is 11.7 Å². The maximum atomic E-state index is 11.6. The molecule has 7 heteroatoms. The van der Waals surface area contributed by atoms with Crippen molar-refractivity contribution in [3.8, 4) is 0 Å². The molecule has 0 aliphatic heterocycles. The Bertz CT molecular complexity index is 542. The highest BCUT2D eigenvalue weighted by molar-refractivity contribution is 7.09. The number of aromatic nitrogens is 2. The van der Waals surface area contributed by atoms with Gasteiger partial charge in [0.2, 0.25) is 0 Å². The van der Waals surface area contributed by atoms with E-state index in [0.717, 1.165) is 4.88 Å². The molecule has 0 aliphatic carbocycles. The summed E-state index contributed by atoms with van der Waals surface area (Å²) in [5.41, 5.74) is 8.09. The Kier molecular flexibility index (Phi) is 3.73. The minimum Gasteiger partial charge on any atom is -0.465 e. The molecule has 2 aromatic rings. The van der Waals surface area contributed by atoms with Gasteiger partial charge in [0.25, 0.3) is 0 Å². The first-order chi connectivity index (χ1) is 8.70. The lowest BCUT2D eigenvalue weighted by molar-refractivity contribution is 0.0601. The number of anilines is 2. The number of nitrogens with one attached hydrogen (secondary N) is 1. The van der Waals surface area contributed by atoms with E-state index in [2.05, 4.69) is 20.0 Å². The van der Waals surface area contributed by atoms with E-state index in [1.807, 2.05) is 0 Å². The Morgan fingerprint density at radius 1 is 1.56 bits per heavy atom. The topological polar surface area (TPSA) is 90.1 Å². The summed E-state index contributed by atoms with van der Waals surface area (Å²) in [4.78, 5) is 20.7. The lowest BCUT2D eigenvalue weighted by Crippen LogP contribution is -2.10. The van der Waals surface area contributed by atoms with Gasteiger partial charge in [-0.2, -0.15) is 0 Å². The van der Waals surface area contributed by atoms with Crippen LogP contribution in [0.1, 0.15) is 15.2 Å². The molecule has 0 spiro atoms. The van der Waals surface area contributed by atoms with E-state index in [9.17, 15) is 4.79 Å². The number of pyridine rings is 1. The van der Waals surface area contributed by atoms with Crippen molar-refractivity contribution in [3.05, 3.63) is 34.4 Å². The summed E-state index contributed by atoms with van der Waals surface area (Å²) in [7, 11) is 1.32. The monoisotopic (exact) mass is 264 g/mol. The Morgan fingerprint density at radius 3 is 3.06 bits per heavy atom. The maximum Gasteiger partial charge on any atom is 0.341 e. The summed E-state index contributed by atoms with van der Waals surface area (Å²) in [5, 5.41) is 3.06. The van der Waals surface area contributed by atoms with Crippen LogP contribution in [0.4, 0.5) is 11.5 Å². The van der Waals surface area contributed by atoms with E-state index in [1.165, 1.54) is 30.7 Å². The molecule has 0 saturated carbocycles. The van der Waals surface area contributed by atoms with Crippen LogP contribution in [-0.4, -0.2) is 23.0 Å². The Morgan fingerprint density at radius 2 is 2.39 bits per heavy atom. The minimum absolute atomic E-state index is 0.321. The molecule has 18 heavy (non-hydrogen) atoms. The number of hydrogen-bond donors (Lipinski definition) is 2. The molecule has 0 aliphatic rings. The van der Waals surface area contributed by atoms with Gasteiger partial charge in [-0.3, -0.25) is 4.98 Å². The van der Waals surface area contributed by atoms with Crippen molar-refractivity contribution in [2.45, 2.75) is 6.54 Å². The minimum atomic E-state index is -0.471. The number of esters is 1. The van der Waals surface area contributed by atoms with Crippen LogP contribution in [0.3, 0.4) is 0 Å². The van der Waals surface area contributed by atoms with Gasteiger partial charge >= 0.3 is 5.97 Å². The molecule has 2 rings (SSSR count). The second-order valence-electron chi connectivity index (χ2n) is 3.48. The molecule has 94 valence electrons. The Labute approximate surface area is 108 Å². The van der Waals surface area contributed by atoms with E-state index in [0.29, 0.717) is 23.6 Å². The third-order valence-electron chi connectivity index (χ3n) is 2.23. The van der Waals surface area contributed by atoms with Crippen molar-refractivity contribution >= 4 is 28.8 Å². The number of carbonyl (C=O) groups is 1. The number of methoxy groups -OCH3 is 1. The zero-order valence-electron chi connectivity index (χ0n) is 9.71. The molecule has 0 amide bonds. The average Bonchev–Trinajstić information content (AvgIpc) is 2.89. The van der Waals surface area contributed by atoms with Gasteiger partial charge in [-0.25, -0.2) is 9.78 Å². The largest absolute Gasteiger partial charge is 0.465 e. The van der Waals surface area contributed by atoms with Crippen LogP contribution in [0.5, 0.6) is 0 Å². The SMILES string of the molecule is COC(=O)c1cc(N)cnc1NCc1cncs1. The average molecular weight is 264 g/mol. The molecule has 0 atom stereocenters. The highest BCUT2D eigenvalue weighted by Gasteiger charge is 2.13. The lowest BCUT2D eigenvalue weighted by Gasteiger charge is -2.09. The quantitative estimate of drug-likeness (QED) is 0.814. The zero-order chi connectivity index (χ0) is 13.0. The van der Waals surface area contributed by atoms with Crippen LogP contribution in [0.15, 0.2) is 24.0 Å². The van der Waals surface area contributed by atoms with Gasteiger partial charge in [-0.15, -0.1) is 11.3 Å². The number of nitrogens with zero attached hydrogens (tertiary/aromatic N) is 2. The van der Waals surface area contributed by atoms with Crippen molar-refractivity contribution < 1.29 is 9.53 Å². The first-order valence-electron chi connectivity index (χ1n) is 5.16. The van der Waals surface area contributed by atoms with Crippen molar-refractivity contribution in [1.29, 1.82) is 0 Å². The number of hydrogen-bond acceptors (Lipinski definition) is 7. The molecule has 0 unspecified atom stereocenters. The standard InChI is InChI=1S/C11H12N4O2S/c1-17-11(16)9-2-7(12)3-14-10(9)15-5-8-4-13-6-18-8/h2-4,6H,5,12H2,1H3,(H,14,15). The Hall–Kier alpha value is -2.15. The number of carbonyl (C=O) groups excluding carboxylic acids is 1. The molecule has 2 aromatic heterocycles. The smallest absolute Gasteiger partial charge is 0.341 e. The Balaban J connectivity index is 2.18. The van der Waals surface area contributed by atoms with Crippen molar-refractivity contribution in [3.63, 3.8) is 0 Å². The summed E-state index contributed by atoms with van der Waals surface area (Å²) in [6, 6.07) is 1.54. The number of nitrogens with two attached hydrogens (primary N) is 1. The van der Waals surface area contributed by atoms with Crippen LogP contribution < -0.4 is 11.1 Å². The number of thiazole rings is 1. The summed E-state index contributed by atoms with van der Waals surface area (Å²) in [6.45, 7) is 0.547. The summed E-state index contributed by atoms with van der Waals surface area (Å²) in [5.74, 6) is -0.0222. The molecule has 2 heterocycles. The number of rotatable bonds is 4. The normalized spacial score (nSPS) is 10.1. The first kappa shape index (κ1) is 12.3. The number of ether oxygens (including phenoxy) is 1. The number of nitrogen functional groups attached to an aromatic ring is 1. The first-order valence-corrected chi connectivity index (χ1v) is 6.03. The second-order valence-corrected chi connectivity index (χ2v) is 4.45. The van der Waals surface area contributed by atoms with E-state index < -0.39 is 5.97 Å². The van der Waals surface area contributed by atoms with Crippen LogP contribution in [0, 0.1) is 0 Å². The predicted molar refractivity (Wildman–Crippen MR) is 69.4 cm³/mol. The highest BCUT2D eigenvalue weighted by atomic mass is 32.1. The van der Waals surface area contributed by atoms with Crippen LogP contribution >= 0.6 is 11.3 Å². The summed E-state index contributed by atoms with van der Waals surface area (Å²) >= 11 is 1.52. The van der Waals surface area contributed by atoms with E-state index in [-0.39, 0.29) is 0 Å². The molecule has 0 aromatic carbocycles. The van der Waals surface area contributed by atoms with Crippen molar-refractivity contribution in [1.82, 2.24) is 9.97 Å². The summed E-state index contributed by atoms with van der Waals surface area (Å²) < 4.78 is 4.68. The molecular weight excluding hydrogens is 252 g/mol. The predicted octanol–water partition coefficient (Wildman–Crippen LogP) is 1.52. The maximum absolute atomic E-state index is 11.6. The van der Waals surface area contributed by atoms with Gasteiger partial charge in [-0.05, 0) is 6.07 Å². The fourth-order valence-electron chi connectivity index (χ4n) is 1.39. The third-order valence-corrected chi connectivity index (χ3v) is 3.01. The van der Waals surface area contributed by atoms with Crippen LogP contribution in [0.25, 0.3) is 0 Å². The van der Waals surface area contributed by atoms with Crippen LogP contribution in [0.2, 0.25) is 0 Å². The van der Waals surface area contributed by atoms with Gasteiger partial charge in [0, 0.05) is 11.1 Å². The molecular formula is C11H12N4O2S. The molecule has 6 nitrogen and oxygen atoms in total. The fraction of sp³-hybridized carbons (Fsp3) is 0.182. The van der Waals surface area contributed by atoms with Gasteiger partial charge in [0.1, 0.15) is 11.4 Å². The highest BCUT2D eigenvalue weighted by Crippen LogP contribution is 2.18. The van der Waals surface area contributed by atoms with Crippen molar-refractivity contribution in [2.24, 2.45) is 0 Å². The third kappa shape index (κ3) is 2.75. The van der Waals surface area contributed by atoms with E-state index in [4.69, 9.17) is 5.73 Å². The fourth-order valence-corrected chi connectivity index (χ4v) is 1.92. The molecule has 0 fully saturated rings. The summed E-state index contributed by atoms with van der Waals surface area (Å²) in [6.07, 6.45) is 3.24. The van der Waals surface area contributed by atoms with Crippen molar-refractivity contribution in [2.75, 3.05) is 18.2 Å². The molecule has 0 saturated heterocycles. The zero-order valence-corrected chi connectivity index (χ0v) is 10.5. The van der Waals surface area contributed by atoms with Gasteiger partial charge in [-0.1, -0.05) is 0 Å². The molecule has 0 bridgehead atoms.